The number of nitrogens with zero attached hydrogens (tertiary/aromatic N) is 2. The third kappa shape index (κ3) is 2.10. The third-order valence-electron chi connectivity index (χ3n) is 2.68. The molecular formula is C11H14N2S. The molecule has 14 heavy (non-hydrogen) atoms. The van der Waals surface area contributed by atoms with Gasteiger partial charge >= 0.3 is 0 Å². The quantitative estimate of drug-likeness (QED) is 0.739. The van der Waals surface area contributed by atoms with Crippen LogP contribution in [0.15, 0.2) is 28.6 Å². The molecule has 0 amide bonds. The van der Waals surface area contributed by atoms with E-state index in [1.165, 1.54) is 38.0 Å². The van der Waals surface area contributed by atoms with Crippen LogP contribution < -0.4 is 4.90 Å². The minimum Gasteiger partial charge on any atom is -0.372 e. The highest BCUT2D eigenvalue weighted by atomic mass is 32.1. The number of piperidine rings is 1. The topological polar surface area (TPSA) is 15.6 Å². The summed E-state index contributed by atoms with van der Waals surface area (Å²) in [5.41, 5.74) is 2.17. The largest absolute Gasteiger partial charge is 0.372 e. The second-order valence-corrected chi connectivity index (χ2v) is 3.84. The number of hydrogen-bond donors (Lipinski definition) is 0. The first-order chi connectivity index (χ1) is 6.90. The zero-order chi connectivity index (χ0) is 9.80. The summed E-state index contributed by atoms with van der Waals surface area (Å²) in [6.45, 7) is 2.37. The van der Waals surface area contributed by atoms with Crippen LogP contribution in [-0.2, 0) is 12.4 Å². The lowest BCUT2D eigenvalue weighted by Crippen LogP contribution is -2.29. The predicted molar refractivity (Wildman–Crippen MR) is 62.0 cm³/mol. The molecule has 1 heterocycles. The lowest BCUT2D eigenvalue weighted by Gasteiger charge is -2.28. The van der Waals surface area contributed by atoms with Crippen LogP contribution in [0.1, 0.15) is 19.3 Å². The molecule has 1 saturated heterocycles. The maximum absolute atomic E-state index is 4.63. The molecule has 74 valence electrons. The van der Waals surface area contributed by atoms with E-state index in [4.69, 9.17) is 0 Å². The van der Waals surface area contributed by atoms with E-state index >= 15 is 0 Å². The predicted octanol–water partition coefficient (Wildman–Crippen LogP) is 3.04. The molecule has 2 nitrogen and oxygen atoms in total. The summed E-state index contributed by atoms with van der Waals surface area (Å²) >= 11 is 4.63. The van der Waals surface area contributed by atoms with Crippen LogP contribution >= 0.6 is 0 Å². The van der Waals surface area contributed by atoms with Gasteiger partial charge < -0.3 is 4.90 Å². The highest BCUT2D eigenvalue weighted by molar-refractivity contribution is 7.47. The van der Waals surface area contributed by atoms with Gasteiger partial charge in [-0.3, -0.25) is 0 Å². The van der Waals surface area contributed by atoms with Crippen LogP contribution in [0.25, 0.3) is 0 Å². The monoisotopic (exact) mass is 206 g/mol. The van der Waals surface area contributed by atoms with Gasteiger partial charge in [-0.1, -0.05) is 0 Å². The van der Waals surface area contributed by atoms with Crippen molar-refractivity contribution in [3.63, 3.8) is 0 Å². The van der Waals surface area contributed by atoms with Crippen LogP contribution in [0.2, 0.25) is 0 Å². The maximum Gasteiger partial charge on any atom is 0.0770 e. The Morgan fingerprint density at radius 3 is 2.21 bits per heavy atom. The SMILES string of the molecule is S=Nc1ccc(N2CCCCC2)cc1. The lowest BCUT2D eigenvalue weighted by atomic mass is 10.1. The second kappa shape index (κ2) is 4.51. The summed E-state index contributed by atoms with van der Waals surface area (Å²) < 4.78 is 3.72. The van der Waals surface area contributed by atoms with E-state index in [0.717, 1.165) is 5.69 Å². The highest BCUT2D eigenvalue weighted by Crippen LogP contribution is 2.22. The van der Waals surface area contributed by atoms with E-state index in [0.29, 0.717) is 0 Å². The van der Waals surface area contributed by atoms with Crippen molar-refractivity contribution in [1.29, 1.82) is 0 Å². The molecule has 0 N–H and O–H groups in total. The van der Waals surface area contributed by atoms with Crippen molar-refractivity contribution in [2.75, 3.05) is 18.0 Å². The maximum atomic E-state index is 4.63. The minimum atomic E-state index is 0.876. The molecule has 1 aromatic rings. The Bertz CT molecular complexity index is 302. The first-order valence-electron chi connectivity index (χ1n) is 5.08. The number of rotatable bonds is 2. The first kappa shape index (κ1) is 9.59. The van der Waals surface area contributed by atoms with E-state index in [9.17, 15) is 0 Å². The smallest absolute Gasteiger partial charge is 0.0770 e. The Labute approximate surface area is 90.1 Å². The highest BCUT2D eigenvalue weighted by Gasteiger charge is 2.09. The van der Waals surface area contributed by atoms with Gasteiger partial charge in [-0.15, -0.1) is 0 Å². The van der Waals surface area contributed by atoms with Gasteiger partial charge in [0.25, 0.3) is 0 Å². The van der Waals surface area contributed by atoms with Crippen LogP contribution in [0.4, 0.5) is 11.4 Å². The van der Waals surface area contributed by atoms with E-state index in [1.807, 2.05) is 12.1 Å². The summed E-state index contributed by atoms with van der Waals surface area (Å²) in [6.07, 6.45) is 4.00. The molecule has 1 aliphatic rings. The van der Waals surface area contributed by atoms with Gasteiger partial charge in [-0.05, 0) is 43.5 Å². The van der Waals surface area contributed by atoms with Gasteiger partial charge in [0, 0.05) is 31.2 Å². The van der Waals surface area contributed by atoms with Crippen LogP contribution in [0.3, 0.4) is 0 Å². The van der Waals surface area contributed by atoms with E-state index < -0.39 is 0 Å². The normalized spacial score (nSPS) is 16.7. The molecule has 2 rings (SSSR count). The molecule has 3 heteroatoms. The van der Waals surface area contributed by atoms with Crippen LogP contribution in [-0.4, -0.2) is 13.1 Å². The fourth-order valence-electron chi connectivity index (χ4n) is 1.88. The van der Waals surface area contributed by atoms with Gasteiger partial charge in [0.2, 0.25) is 0 Å². The minimum absolute atomic E-state index is 0.876. The van der Waals surface area contributed by atoms with Crippen molar-refractivity contribution in [2.24, 2.45) is 4.36 Å². The Morgan fingerprint density at radius 1 is 1.00 bits per heavy atom. The molecule has 1 aromatic carbocycles. The van der Waals surface area contributed by atoms with E-state index in [-0.39, 0.29) is 0 Å². The fraction of sp³-hybridized carbons (Fsp3) is 0.455. The van der Waals surface area contributed by atoms with Crippen molar-refractivity contribution < 1.29 is 0 Å². The molecule has 0 radical (unpaired) electrons. The summed E-state index contributed by atoms with van der Waals surface area (Å²) in [5.74, 6) is 0. The Morgan fingerprint density at radius 2 is 1.64 bits per heavy atom. The van der Waals surface area contributed by atoms with Gasteiger partial charge in [0.05, 0.1) is 5.69 Å². The van der Waals surface area contributed by atoms with E-state index in [1.54, 1.807) is 0 Å². The van der Waals surface area contributed by atoms with Gasteiger partial charge in [-0.25, -0.2) is 0 Å². The van der Waals surface area contributed by atoms with Crippen LogP contribution in [0.5, 0.6) is 0 Å². The lowest BCUT2D eigenvalue weighted by molar-refractivity contribution is 0.578. The van der Waals surface area contributed by atoms with Crippen LogP contribution in [0, 0.1) is 0 Å². The number of anilines is 1. The fourth-order valence-corrected chi connectivity index (χ4v) is 2.00. The third-order valence-corrected chi connectivity index (χ3v) is 2.89. The molecular weight excluding hydrogens is 192 g/mol. The standard InChI is InChI=1S/C11H14N2S/c14-12-10-4-6-11(7-5-10)13-8-2-1-3-9-13/h4-7H,1-3,8-9H2. The number of hydrogen-bond acceptors (Lipinski definition) is 3. The zero-order valence-corrected chi connectivity index (χ0v) is 8.96. The van der Waals surface area contributed by atoms with Crippen molar-refractivity contribution in [3.8, 4) is 0 Å². The average molecular weight is 206 g/mol. The van der Waals surface area contributed by atoms with Gasteiger partial charge in [-0.2, -0.15) is 4.36 Å². The second-order valence-electron chi connectivity index (χ2n) is 3.66. The summed E-state index contributed by atoms with van der Waals surface area (Å²) in [6, 6.07) is 8.18. The van der Waals surface area contributed by atoms with E-state index in [2.05, 4.69) is 33.8 Å². The van der Waals surface area contributed by atoms with Crippen molar-refractivity contribution >= 4 is 23.8 Å². The molecule has 0 bridgehead atoms. The zero-order valence-electron chi connectivity index (χ0n) is 8.15. The van der Waals surface area contributed by atoms with Crippen molar-refractivity contribution in [2.45, 2.75) is 19.3 Å². The molecule has 0 aromatic heterocycles. The molecule has 0 atom stereocenters. The van der Waals surface area contributed by atoms with Gasteiger partial charge in [0.15, 0.2) is 0 Å². The Hall–Kier alpha value is -0.960. The average Bonchev–Trinajstić information content (AvgIpc) is 2.30. The molecule has 0 saturated carbocycles. The Kier molecular flexibility index (Phi) is 3.09. The van der Waals surface area contributed by atoms with Crippen molar-refractivity contribution in [1.82, 2.24) is 0 Å². The Balaban J connectivity index is 2.11. The molecule has 0 unspecified atom stereocenters. The molecule has 1 fully saturated rings. The summed E-state index contributed by atoms with van der Waals surface area (Å²) in [5, 5.41) is 0. The molecule has 0 spiro atoms. The number of benzene rings is 1. The van der Waals surface area contributed by atoms with Crippen molar-refractivity contribution in [3.05, 3.63) is 24.3 Å². The van der Waals surface area contributed by atoms with Gasteiger partial charge in [0.1, 0.15) is 0 Å². The summed E-state index contributed by atoms with van der Waals surface area (Å²) in [4.78, 5) is 2.43. The first-order valence-corrected chi connectivity index (χ1v) is 5.45. The molecule has 1 aliphatic heterocycles. The summed E-state index contributed by atoms with van der Waals surface area (Å²) in [7, 11) is 0. The molecule has 0 aliphatic carbocycles.